The number of hydrogen-bond acceptors (Lipinski definition) is 4. The van der Waals surface area contributed by atoms with Crippen LogP contribution in [0.25, 0.3) is 5.57 Å². The molecule has 1 aliphatic heterocycles. The van der Waals surface area contributed by atoms with Crippen molar-refractivity contribution >= 4 is 40.4 Å². The molecule has 5 nitrogen and oxygen atoms in total. The Kier molecular flexibility index (Phi) is 5.53. The molecule has 1 heterocycles. The summed E-state index contributed by atoms with van der Waals surface area (Å²) in [5, 5.41) is 3.69. The third-order valence-corrected chi connectivity index (χ3v) is 5.60. The molecule has 0 unspecified atom stereocenters. The lowest BCUT2D eigenvalue weighted by atomic mass is 10.0. The number of carbonyl (C=O) groups is 2. The van der Waals surface area contributed by atoms with Gasteiger partial charge in [0, 0.05) is 16.3 Å². The summed E-state index contributed by atoms with van der Waals surface area (Å²) in [5.74, 6) is -0.351. The number of halogens is 1. The highest BCUT2D eigenvalue weighted by molar-refractivity contribution is 6.46. The van der Waals surface area contributed by atoms with E-state index in [2.05, 4.69) is 5.32 Å². The lowest BCUT2D eigenvalue weighted by Gasteiger charge is -2.16. The summed E-state index contributed by atoms with van der Waals surface area (Å²) in [4.78, 5) is 28.1. The van der Waals surface area contributed by atoms with E-state index in [0.717, 1.165) is 11.1 Å². The third kappa shape index (κ3) is 3.80. The van der Waals surface area contributed by atoms with Gasteiger partial charge in [0.1, 0.15) is 11.4 Å². The van der Waals surface area contributed by atoms with Crippen LogP contribution in [-0.4, -0.2) is 18.9 Å². The Morgan fingerprint density at radius 2 is 1.61 bits per heavy atom. The number of nitrogens with one attached hydrogen (secondary N) is 1. The van der Waals surface area contributed by atoms with Gasteiger partial charge in [-0.1, -0.05) is 53.6 Å². The number of imide groups is 1. The standard InChI is InChI=1S/C25H21ClN2O3/c1-15-8-12-18(13-9-15)28-24(29)22(19-6-4-5-7-21(19)31-3)23(25(28)30)27-17-11-10-16(2)20(26)14-17/h4-14,27H,1-3H3. The molecule has 4 rings (SSSR count). The maximum Gasteiger partial charge on any atom is 0.282 e. The number of aryl methyl sites for hydroxylation is 2. The summed E-state index contributed by atoms with van der Waals surface area (Å²) in [6.45, 7) is 3.85. The molecule has 0 saturated heterocycles. The molecule has 3 aromatic rings. The zero-order chi connectivity index (χ0) is 22.1. The Bertz CT molecular complexity index is 1220. The van der Waals surface area contributed by atoms with Gasteiger partial charge in [-0.2, -0.15) is 0 Å². The number of ether oxygens (including phenoxy) is 1. The first-order valence-electron chi connectivity index (χ1n) is 9.77. The zero-order valence-electron chi connectivity index (χ0n) is 17.4. The van der Waals surface area contributed by atoms with E-state index in [1.165, 1.54) is 12.0 Å². The molecule has 0 saturated carbocycles. The number of amides is 2. The average Bonchev–Trinajstić information content (AvgIpc) is 3.01. The van der Waals surface area contributed by atoms with Gasteiger partial charge in [0.25, 0.3) is 11.8 Å². The van der Waals surface area contributed by atoms with Crippen LogP contribution < -0.4 is 15.0 Å². The molecule has 0 fully saturated rings. The monoisotopic (exact) mass is 432 g/mol. The molecule has 0 spiro atoms. The molecule has 0 radical (unpaired) electrons. The van der Waals surface area contributed by atoms with E-state index in [-0.39, 0.29) is 11.3 Å². The van der Waals surface area contributed by atoms with Crippen LogP contribution in [0.3, 0.4) is 0 Å². The molecule has 156 valence electrons. The fourth-order valence-corrected chi connectivity index (χ4v) is 3.67. The van der Waals surface area contributed by atoms with Crippen molar-refractivity contribution in [1.82, 2.24) is 0 Å². The normalized spacial score (nSPS) is 13.7. The van der Waals surface area contributed by atoms with Crippen molar-refractivity contribution in [3.8, 4) is 5.75 Å². The minimum Gasteiger partial charge on any atom is -0.496 e. The van der Waals surface area contributed by atoms with Crippen LogP contribution >= 0.6 is 11.6 Å². The first-order valence-corrected chi connectivity index (χ1v) is 10.1. The first kappa shape index (κ1) is 20.7. The number of rotatable bonds is 5. The second kappa shape index (κ2) is 8.28. The zero-order valence-corrected chi connectivity index (χ0v) is 18.2. The van der Waals surface area contributed by atoms with Gasteiger partial charge in [-0.3, -0.25) is 9.59 Å². The van der Waals surface area contributed by atoms with Crippen LogP contribution in [0.15, 0.2) is 72.4 Å². The van der Waals surface area contributed by atoms with Crippen molar-refractivity contribution in [2.24, 2.45) is 0 Å². The summed E-state index contributed by atoms with van der Waals surface area (Å²) < 4.78 is 5.47. The van der Waals surface area contributed by atoms with E-state index >= 15 is 0 Å². The minimum atomic E-state index is -0.438. The van der Waals surface area contributed by atoms with Gasteiger partial charge in [-0.05, 0) is 49.7 Å². The lowest BCUT2D eigenvalue weighted by molar-refractivity contribution is -0.120. The van der Waals surface area contributed by atoms with Gasteiger partial charge in [0.05, 0.1) is 18.4 Å². The number of anilines is 2. The van der Waals surface area contributed by atoms with Crippen molar-refractivity contribution in [2.45, 2.75) is 13.8 Å². The van der Waals surface area contributed by atoms with E-state index in [1.807, 2.05) is 44.2 Å². The van der Waals surface area contributed by atoms with Gasteiger partial charge < -0.3 is 10.1 Å². The van der Waals surface area contributed by atoms with Crippen molar-refractivity contribution in [3.63, 3.8) is 0 Å². The molecule has 2 amide bonds. The van der Waals surface area contributed by atoms with Crippen molar-refractivity contribution in [1.29, 1.82) is 0 Å². The fourth-order valence-electron chi connectivity index (χ4n) is 3.49. The Morgan fingerprint density at radius 1 is 0.903 bits per heavy atom. The fraction of sp³-hybridized carbons (Fsp3) is 0.120. The lowest BCUT2D eigenvalue weighted by Crippen LogP contribution is -2.32. The predicted octanol–water partition coefficient (Wildman–Crippen LogP) is 5.36. The molecule has 3 aromatic carbocycles. The highest BCUT2D eigenvalue weighted by Crippen LogP contribution is 2.37. The number of carbonyl (C=O) groups excluding carboxylic acids is 2. The predicted molar refractivity (Wildman–Crippen MR) is 123 cm³/mol. The number of methoxy groups -OCH3 is 1. The maximum absolute atomic E-state index is 13.5. The number of para-hydroxylation sites is 1. The smallest absolute Gasteiger partial charge is 0.282 e. The summed E-state index contributed by atoms with van der Waals surface area (Å²) >= 11 is 6.27. The van der Waals surface area contributed by atoms with E-state index in [9.17, 15) is 9.59 Å². The molecule has 0 aliphatic carbocycles. The van der Waals surface area contributed by atoms with Crippen molar-refractivity contribution < 1.29 is 14.3 Å². The Hall–Kier alpha value is -3.57. The summed E-state index contributed by atoms with van der Waals surface area (Å²) in [5.41, 5.74) is 4.04. The summed E-state index contributed by atoms with van der Waals surface area (Å²) in [6.07, 6.45) is 0. The molecule has 31 heavy (non-hydrogen) atoms. The maximum atomic E-state index is 13.5. The molecule has 1 aliphatic rings. The number of nitrogens with zero attached hydrogens (tertiary/aromatic N) is 1. The van der Waals surface area contributed by atoms with Crippen LogP contribution in [0.5, 0.6) is 5.75 Å². The van der Waals surface area contributed by atoms with Gasteiger partial charge in [-0.15, -0.1) is 0 Å². The summed E-state index contributed by atoms with van der Waals surface area (Å²) in [7, 11) is 1.53. The van der Waals surface area contributed by atoms with Gasteiger partial charge in [0.15, 0.2) is 0 Å². The number of benzene rings is 3. The molecule has 6 heteroatoms. The van der Waals surface area contributed by atoms with Crippen molar-refractivity contribution in [2.75, 3.05) is 17.3 Å². The Morgan fingerprint density at radius 3 is 2.29 bits per heavy atom. The minimum absolute atomic E-state index is 0.176. The molecule has 0 atom stereocenters. The second-order valence-electron chi connectivity index (χ2n) is 7.32. The second-order valence-corrected chi connectivity index (χ2v) is 7.73. The molecular weight excluding hydrogens is 412 g/mol. The first-order chi connectivity index (χ1) is 14.9. The van der Waals surface area contributed by atoms with Gasteiger partial charge in [0.2, 0.25) is 0 Å². The van der Waals surface area contributed by atoms with Crippen LogP contribution in [0.4, 0.5) is 11.4 Å². The molecule has 0 bridgehead atoms. The third-order valence-electron chi connectivity index (χ3n) is 5.19. The molecular formula is C25H21ClN2O3. The Balaban J connectivity index is 1.86. The van der Waals surface area contributed by atoms with E-state index < -0.39 is 11.8 Å². The van der Waals surface area contributed by atoms with Crippen molar-refractivity contribution in [3.05, 3.63) is 94.1 Å². The van der Waals surface area contributed by atoms with E-state index in [1.54, 1.807) is 36.4 Å². The van der Waals surface area contributed by atoms with Crippen LogP contribution in [0.2, 0.25) is 5.02 Å². The van der Waals surface area contributed by atoms with E-state index in [4.69, 9.17) is 16.3 Å². The van der Waals surface area contributed by atoms with Crippen LogP contribution in [-0.2, 0) is 9.59 Å². The molecule has 1 N–H and O–H groups in total. The van der Waals surface area contributed by atoms with Crippen LogP contribution in [0, 0.1) is 13.8 Å². The van der Waals surface area contributed by atoms with Gasteiger partial charge in [-0.25, -0.2) is 4.90 Å². The molecule has 0 aromatic heterocycles. The number of hydrogen-bond donors (Lipinski definition) is 1. The van der Waals surface area contributed by atoms with Gasteiger partial charge >= 0.3 is 0 Å². The van der Waals surface area contributed by atoms with Crippen LogP contribution in [0.1, 0.15) is 16.7 Å². The largest absolute Gasteiger partial charge is 0.496 e. The summed E-state index contributed by atoms with van der Waals surface area (Å²) in [6, 6.07) is 19.8. The van der Waals surface area contributed by atoms with E-state index in [0.29, 0.717) is 27.7 Å². The average molecular weight is 433 g/mol. The topological polar surface area (TPSA) is 58.6 Å². The highest BCUT2D eigenvalue weighted by atomic mass is 35.5. The Labute approximate surface area is 185 Å². The SMILES string of the molecule is COc1ccccc1C1=C(Nc2ccc(C)c(Cl)c2)C(=O)N(c2ccc(C)cc2)C1=O. The quantitative estimate of drug-likeness (QED) is 0.551. The highest BCUT2D eigenvalue weighted by Gasteiger charge is 2.41.